The fourth-order valence-electron chi connectivity index (χ4n) is 2.76. The number of anilines is 1. The molecule has 0 aromatic heterocycles. The molecule has 1 aromatic carbocycles. The summed E-state index contributed by atoms with van der Waals surface area (Å²) in [5, 5.41) is 14.9. The number of amides is 2. The van der Waals surface area contributed by atoms with Gasteiger partial charge >= 0.3 is 5.97 Å². The highest BCUT2D eigenvalue weighted by molar-refractivity contribution is 5.99. The van der Waals surface area contributed by atoms with Gasteiger partial charge in [-0.2, -0.15) is 0 Å². The smallest absolute Gasteiger partial charge is 0.307 e. The predicted molar refractivity (Wildman–Crippen MR) is 95.3 cm³/mol. The van der Waals surface area contributed by atoms with Crippen molar-refractivity contribution in [2.45, 2.75) is 39.2 Å². The first-order valence-electron chi connectivity index (χ1n) is 8.28. The maximum absolute atomic E-state index is 12.5. The molecule has 0 saturated heterocycles. The lowest BCUT2D eigenvalue weighted by atomic mass is 9.82. The second-order valence-corrected chi connectivity index (χ2v) is 7.27. The number of carbonyl (C=O) groups is 3. The van der Waals surface area contributed by atoms with Crippen molar-refractivity contribution in [3.63, 3.8) is 0 Å². The number of carboxylic acid groups (broad SMARTS) is 1. The van der Waals surface area contributed by atoms with E-state index in [0.29, 0.717) is 24.1 Å². The summed E-state index contributed by atoms with van der Waals surface area (Å²) < 4.78 is 0. The van der Waals surface area contributed by atoms with E-state index in [1.165, 1.54) is 0 Å². The molecule has 0 aliphatic heterocycles. The highest BCUT2D eigenvalue weighted by Crippen LogP contribution is 2.27. The number of nitrogens with one attached hydrogen (secondary N) is 2. The summed E-state index contributed by atoms with van der Waals surface area (Å²) in [6.07, 6.45) is 4.37. The minimum absolute atomic E-state index is 0.229. The number of allylic oxidation sites excluding steroid dienone is 2. The summed E-state index contributed by atoms with van der Waals surface area (Å²) in [5.41, 5.74) is 0.552. The minimum atomic E-state index is -0.970. The van der Waals surface area contributed by atoms with Gasteiger partial charge in [-0.1, -0.05) is 18.2 Å². The second kappa shape index (κ2) is 7.51. The molecule has 0 fully saturated rings. The average Bonchev–Trinajstić information content (AvgIpc) is 2.53. The van der Waals surface area contributed by atoms with E-state index in [9.17, 15) is 19.5 Å². The second-order valence-electron chi connectivity index (χ2n) is 7.27. The van der Waals surface area contributed by atoms with Crippen molar-refractivity contribution in [2.24, 2.45) is 11.8 Å². The van der Waals surface area contributed by atoms with Crippen LogP contribution in [0.5, 0.6) is 0 Å². The molecule has 2 atom stereocenters. The van der Waals surface area contributed by atoms with Crippen molar-refractivity contribution in [1.29, 1.82) is 0 Å². The van der Waals surface area contributed by atoms with Gasteiger partial charge in [-0.15, -0.1) is 0 Å². The maximum Gasteiger partial charge on any atom is 0.307 e. The van der Waals surface area contributed by atoms with Gasteiger partial charge in [-0.25, -0.2) is 0 Å². The first-order valence-corrected chi connectivity index (χ1v) is 8.28. The van der Waals surface area contributed by atoms with E-state index in [1.54, 1.807) is 30.3 Å². The van der Waals surface area contributed by atoms with Gasteiger partial charge in [0, 0.05) is 16.8 Å². The first kappa shape index (κ1) is 18.7. The molecule has 0 spiro atoms. The number of hydrogen-bond acceptors (Lipinski definition) is 3. The van der Waals surface area contributed by atoms with Gasteiger partial charge in [-0.05, 0) is 51.8 Å². The van der Waals surface area contributed by atoms with Crippen LogP contribution in [0.1, 0.15) is 44.0 Å². The summed E-state index contributed by atoms with van der Waals surface area (Å²) in [5.74, 6) is -2.88. The maximum atomic E-state index is 12.5. The number of rotatable bonds is 4. The normalized spacial score (nSPS) is 20.0. The molecule has 0 saturated carbocycles. The minimum Gasteiger partial charge on any atom is -0.481 e. The molecule has 0 heterocycles. The van der Waals surface area contributed by atoms with Gasteiger partial charge in [0.1, 0.15) is 0 Å². The van der Waals surface area contributed by atoms with Crippen LogP contribution in [0, 0.1) is 11.8 Å². The molecule has 1 aromatic rings. The standard InChI is InChI=1S/C19H24N2O4/c1-19(2,3)21-16(22)12-7-6-8-13(11-12)20-17(23)14-9-4-5-10-15(14)18(24)25/h4-8,11,14-15H,9-10H2,1-3H3,(H,20,23)(H,21,22)(H,24,25). The molecule has 3 N–H and O–H groups in total. The first-order chi connectivity index (χ1) is 11.7. The van der Waals surface area contributed by atoms with E-state index >= 15 is 0 Å². The average molecular weight is 344 g/mol. The third-order valence-electron chi connectivity index (χ3n) is 3.97. The van der Waals surface area contributed by atoms with E-state index in [4.69, 9.17) is 0 Å². The van der Waals surface area contributed by atoms with Crippen LogP contribution in [0.15, 0.2) is 36.4 Å². The molecular weight excluding hydrogens is 320 g/mol. The Hall–Kier alpha value is -2.63. The van der Waals surface area contributed by atoms with Crippen LogP contribution in [0.2, 0.25) is 0 Å². The van der Waals surface area contributed by atoms with E-state index in [0.717, 1.165) is 0 Å². The lowest BCUT2D eigenvalue weighted by Gasteiger charge is -2.24. The van der Waals surface area contributed by atoms with Gasteiger partial charge < -0.3 is 15.7 Å². The summed E-state index contributed by atoms with van der Waals surface area (Å²) in [6, 6.07) is 6.62. The lowest BCUT2D eigenvalue weighted by Crippen LogP contribution is -2.40. The van der Waals surface area contributed by atoms with Crippen molar-refractivity contribution >= 4 is 23.5 Å². The molecule has 1 aliphatic carbocycles. The van der Waals surface area contributed by atoms with Gasteiger partial charge in [-0.3, -0.25) is 14.4 Å². The molecule has 0 bridgehead atoms. The molecule has 134 valence electrons. The lowest BCUT2D eigenvalue weighted by molar-refractivity contribution is -0.146. The van der Waals surface area contributed by atoms with Crippen LogP contribution >= 0.6 is 0 Å². The summed E-state index contributed by atoms with van der Waals surface area (Å²) in [4.78, 5) is 36.0. The van der Waals surface area contributed by atoms with Gasteiger partial charge in [0.25, 0.3) is 5.91 Å². The molecule has 0 radical (unpaired) electrons. The Bertz CT molecular complexity index is 704. The molecule has 2 rings (SSSR count). The quantitative estimate of drug-likeness (QED) is 0.732. The summed E-state index contributed by atoms with van der Waals surface area (Å²) in [7, 11) is 0. The van der Waals surface area contributed by atoms with Crippen LogP contribution in [-0.2, 0) is 9.59 Å². The third-order valence-corrected chi connectivity index (χ3v) is 3.97. The Kier molecular flexibility index (Phi) is 5.62. The number of hydrogen-bond donors (Lipinski definition) is 3. The van der Waals surface area contributed by atoms with Crippen molar-refractivity contribution in [3.8, 4) is 0 Å². The Morgan fingerprint density at radius 1 is 1.08 bits per heavy atom. The number of benzene rings is 1. The summed E-state index contributed by atoms with van der Waals surface area (Å²) in [6.45, 7) is 5.66. The molecule has 2 amide bonds. The van der Waals surface area contributed by atoms with Crippen LogP contribution in [0.25, 0.3) is 0 Å². The van der Waals surface area contributed by atoms with Crippen molar-refractivity contribution in [2.75, 3.05) is 5.32 Å². The Morgan fingerprint density at radius 2 is 1.72 bits per heavy atom. The van der Waals surface area contributed by atoms with E-state index in [-0.39, 0.29) is 17.4 Å². The van der Waals surface area contributed by atoms with Crippen LogP contribution in [0.3, 0.4) is 0 Å². The van der Waals surface area contributed by atoms with Crippen LogP contribution < -0.4 is 10.6 Å². The number of aliphatic carboxylic acids is 1. The molecular formula is C19H24N2O4. The SMILES string of the molecule is CC(C)(C)NC(=O)c1cccc(NC(=O)C2CC=CCC2C(=O)O)c1. The predicted octanol–water partition coefficient (Wildman–Crippen LogP) is 2.82. The highest BCUT2D eigenvalue weighted by atomic mass is 16.4. The Balaban J connectivity index is 2.11. The van der Waals surface area contributed by atoms with E-state index in [2.05, 4.69) is 10.6 Å². The van der Waals surface area contributed by atoms with Crippen molar-refractivity contribution in [1.82, 2.24) is 5.32 Å². The van der Waals surface area contributed by atoms with Gasteiger partial charge in [0.2, 0.25) is 5.91 Å². The van der Waals surface area contributed by atoms with E-state index in [1.807, 2.05) is 26.8 Å². The van der Waals surface area contributed by atoms with Crippen molar-refractivity contribution < 1.29 is 19.5 Å². The van der Waals surface area contributed by atoms with Crippen LogP contribution in [0.4, 0.5) is 5.69 Å². The van der Waals surface area contributed by atoms with Crippen molar-refractivity contribution in [3.05, 3.63) is 42.0 Å². The molecule has 6 nitrogen and oxygen atoms in total. The highest BCUT2D eigenvalue weighted by Gasteiger charge is 2.34. The molecule has 6 heteroatoms. The molecule has 25 heavy (non-hydrogen) atoms. The zero-order chi connectivity index (χ0) is 18.6. The Labute approximate surface area is 147 Å². The Morgan fingerprint density at radius 3 is 2.32 bits per heavy atom. The fourth-order valence-corrected chi connectivity index (χ4v) is 2.76. The molecule has 2 unspecified atom stereocenters. The monoisotopic (exact) mass is 344 g/mol. The molecule has 1 aliphatic rings. The number of carboxylic acids is 1. The topological polar surface area (TPSA) is 95.5 Å². The van der Waals surface area contributed by atoms with Gasteiger partial charge in [0.05, 0.1) is 11.8 Å². The number of carbonyl (C=O) groups excluding carboxylic acids is 2. The zero-order valence-electron chi connectivity index (χ0n) is 14.7. The van der Waals surface area contributed by atoms with E-state index < -0.39 is 17.8 Å². The van der Waals surface area contributed by atoms with Crippen LogP contribution in [-0.4, -0.2) is 28.4 Å². The zero-order valence-corrected chi connectivity index (χ0v) is 14.7. The van der Waals surface area contributed by atoms with Gasteiger partial charge in [0.15, 0.2) is 0 Å². The largest absolute Gasteiger partial charge is 0.481 e. The fraction of sp³-hybridized carbons (Fsp3) is 0.421. The summed E-state index contributed by atoms with van der Waals surface area (Å²) >= 11 is 0. The third kappa shape index (κ3) is 5.17.